The molecule has 0 atom stereocenters. The van der Waals surface area contributed by atoms with Crippen molar-refractivity contribution < 1.29 is 4.74 Å². The lowest BCUT2D eigenvalue weighted by Crippen LogP contribution is -2.07. The van der Waals surface area contributed by atoms with Gasteiger partial charge in [0, 0.05) is 13.2 Å². The van der Waals surface area contributed by atoms with Gasteiger partial charge in [0.2, 0.25) is 0 Å². The Kier molecular flexibility index (Phi) is 24.1. The Morgan fingerprint density at radius 3 is 0.806 bits per heavy atom. The van der Waals surface area contributed by atoms with E-state index in [2.05, 4.69) is 0 Å². The molecule has 0 saturated carbocycles. The Balaban J connectivity index is 3.07. The smallest absolute Gasteiger partial charge is 0.341 e. The van der Waals surface area contributed by atoms with Crippen LogP contribution in [-0.2, 0) is 4.74 Å². The topological polar surface area (TPSA) is 9.23 Å². The summed E-state index contributed by atoms with van der Waals surface area (Å²) in [7, 11) is 0. The van der Waals surface area contributed by atoms with E-state index in [0.717, 1.165) is 38.1 Å². The van der Waals surface area contributed by atoms with Gasteiger partial charge in [0.1, 0.15) is 0 Å². The monoisotopic (exact) mass is 590 g/mol. The maximum atomic E-state index is 5.89. The van der Waals surface area contributed by atoms with Gasteiger partial charge in [-0.3, -0.25) is 0 Å². The highest BCUT2D eigenvalue weighted by atomic mass is 35.8. The maximum Gasteiger partial charge on any atom is 0.341 e. The SMILES string of the molecule is Cl[Si](Cl)(Cl)CCCCCCCCCCCOCCCCCCCCCCC[Si](Cl)(Cl)Cl. The molecule has 0 aliphatic carbocycles. The van der Waals surface area contributed by atoms with Gasteiger partial charge in [-0.15, -0.1) is 66.5 Å². The Bertz CT molecular complexity index is 344. The second-order valence-corrected chi connectivity index (χ2v) is 27.3. The first-order valence-electron chi connectivity index (χ1n) is 12.4. The number of halogens is 6. The Morgan fingerprint density at radius 2 is 0.548 bits per heavy atom. The van der Waals surface area contributed by atoms with E-state index in [-0.39, 0.29) is 0 Å². The normalized spacial score (nSPS) is 12.6. The van der Waals surface area contributed by atoms with Crippen LogP contribution in [0.2, 0.25) is 12.1 Å². The molecule has 0 fully saturated rings. The number of hydrogen-bond acceptors (Lipinski definition) is 1. The molecule has 0 aromatic heterocycles. The Hall–Kier alpha value is 2.13. The quantitative estimate of drug-likeness (QED) is 0.0615. The highest BCUT2D eigenvalue weighted by molar-refractivity contribution is 7.65. The van der Waals surface area contributed by atoms with E-state index in [1.54, 1.807) is 0 Å². The summed E-state index contributed by atoms with van der Waals surface area (Å²) in [5.41, 5.74) is 0. The molecule has 0 aromatic carbocycles. The summed E-state index contributed by atoms with van der Waals surface area (Å²) in [4.78, 5) is 0. The third-order valence-corrected chi connectivity index (χ3v) is 10.7. The summed E-state index contributed by atoms with van der Waals surface area (Å²) in [6.07, 6.45) is 22.7. The minimum atomic E-state index is -2.38. The number of rotatable bonds is 24. The zero-order valence-electron chi connectivity index (χ0n) is 19.2. The van der Waals surface area contributed by atoms with E-state index in [1.165, 1.54) is 103 Å². The largest absolute Gasteiger partial charge is 0.381 e. The summed E-state index contributed by atoms with van der Waals surface area (Å²) in [6, 6.07) is -3.15. The van der Waals surface area contributed by atoms with Crippen molar-refractivity contribution in [2.45, 2.75) is 128 Å². The molecule has 0 saturated heterocycles. The molecule has 0 radical (unpaired) electrons. The molecule has 9 heteroatoms. The zero-order valence-corrected chi connectivity index (χ0v) is 25.8. The van der Waals surface area contributed by atoms with Crippen LogP contribution in [0.15, 0.2) is 0 Å². The van der Waals surface area contributed by atoms with Crippen molar-refractivity contribution in [3.63, 3.8) is 0 Å². The van der Waals surface area contributed by atoms with Crippen LogP contribution in [0.25, 0.3) is 0 Å². The molecule has 0 rings (SSSR count). The van der Waals surface area contributed by atoms with Crippen LogP contribution in [0, 0.1) is 0 Å². The Morgan fingerprint density at radius 1 is 0.323 bits per heavy atom. The molecule has 0 unspecified atom stereocenters. The summed E-state index contributed by atoms with van der Waals surface area (Å²) in [6.45, 7) is 1.86. The fourth-order valence-electron chi connectivity index (χ4n) is 3.64. The van der Waals surface area contributed by atoms with Gasteiger partial charge in [0.05, 0.1) is 0 Å². The molecule has 0 N–H and O–H groups in total. The average molecular weight is 593 g/mol. The third-order valence-electron chi connectivity index (χ3n) is 5.50. The predicted octanol–water partition coefficient (Wildman–Crippen LogP) is 11.3. The molecule has 0 aromatic rings. The summed E-state index contributed by atoms with van der Waals surface area (Å²) >= 11 is 35.3. The van der Waals surface area contributed by atoms with Crippen LogP contribution in [0.3, 0.4) is 0 Å². The van der Waals surface area contributed by atoms with Gasteiger partial charge in [0.15, 0.2) is 0 Å². The third kappa shape index (κ3) is 32.1. The molecule has 188 valence electrons. The Labute approximate surface area is 222 Å². The standard InChI is InChI=1S/C22H44Cl6OSi2/c23-30(24,25)21-17-13-9-5-1-3-7-11-15-19-29-20-16-12-8-4-2-6-10-14-18-22-31(26,27)28/h1-22H2. The maximum absolute atomic E-state index is 5.89. The molecule has 0 spiro atoms. The van der Waals surface area contributed by atoms with Gasteiger partial charge >= 0.3 is 12.0 Å². The highest BCUT2D eigenvalue weighted by Gasteiger charge is 2.24. The molecular weight excluding hydrogens is 549 g/mol. The first-order chi connectivity index (χ1) is 14.7. The van der Waals surface area contributed by atoms with E-state index >= 15 is 0 Å². The minimum Gasteiger partial charge on any atom is -0.381 e. The zero-order chi connectivity index (χ0) is 23.3. The van der Waals surface area contributed by atoms with Gasteiger partial charge in [0.25, 0.3) is 0 Å². The fourth-order valence-corrected chi connectivity index (χ4v) is 7.34. The van der Waals surface area contributed by atoms with Crippen molar-refractivity contribution in [3.05, 3.63) is 0 Å². The van der Waals surface area contributed by atoms with Gasteiger partial charge in [-0.1, -0.05) is 103 Å². The van der Waals surface area contributed by atoms with E-state index in [0.29, 0.717) is 0 Å². The van der Waals surface area contributed by atoms with Gasteiger partial charge in [-0.25, -0.2) is 0 Å². The van der Waals surface area contributed by atoms with Crippen LogP contribution < -0.4 is 0 Å². The molecule has 0 heterocycles. The second kappa shape index (κ2) is 22.6. The molecule has 0 bridgehead atoms. The molecule has 31 heavy (non-hydrogen) atoms. The lowest BCUT2D eigenvalue weighted by atomic mass is 10.1. The first kappa shape index (κ1) is 33.1. The molecule has 0 aliphatic rings. The van der Waals surface area contributed by atoms with Gasteiger partial charge < -0.3 is 4.74 Å². The predicted molar refractivity (Wildman–Crippen MR) is 150 cm³/mol. The number of hydrogen-bond donors (Lipinski definition) is 0. The summed E-state index contributed by atoms with van der Waals surface area (Å²) in [5, 5.41) is 0. The van der Waals surface area contributed by atoms with Crippen molar-refractivity contribution in [1.82, 2.24) is 0 Å². The lowest BCUT2D eigenvalue weighted by Gasteiger charge is -2.07. The van der Waals surface area contributed by atoms with Crippen LogP contribution in [0.4, 0.5) is 0 Å². The second-order valence-electron chi connectivity index (χ2n) is 8.71. The minimum absolute atomic E-state index is 0.806. The van der Waals surface area contributed by atoms with Crippen LogP contribution in [0.5, 0.6) is 0 Å². The number of ether oxygens (including phenoxy) is 1. The van der Waals surface area contributed by atoms with Crippen LogP contribution in [-0.4, -0.2) is 25.2 Å². The van der Waals surface area contributed by atoms with Crippen LogP contribution in [0.1, 0.15) is 116 Å². The van der Waals surface area contributed by atoms with Crippen LogP contribution >= 0.6 is 66.5 Å². The molecule has 0 amide bonds. The van der Waals surface area contributed by atoms with E-state index in [1.807, 2.05) is 0 Å². The van der Waals surface area contributed by atoms with Crippen molar-refractivity contribution in [2.24, 2.45) is 0 Å². The van der Waals surface area contributed by atoms with Crippen molar-refractivity contribution in [3.8, 4) is 0 Å². The van der Waals surface area contributed by atoms with E-state index in [9.17, 15) is 0 Å². The molecule has 0 aliphatic heterocycles. The highest BCUT2D eigenvalue weighted by Crippen LogP contribution is 2.28. The van der Waals surface area contributed by atoms with Gasteiger partial charge in [-0.05, 0) is 24.9 Å². The molecule has 1 nitrogen and oxygen atoms in total. The fraction of sp³-hybridized carbons (Fsp3) is 1.00. The lowest BCUT2D eigenvalue weighted by molar-refractivity contribution is 0.125. The van der Waals surface area contributed by atoms with E-state index < -0.39 is 12.0 Å². The first-order valence-corrected chi connectivity index (χ1v) is 22.9. The average Bonchev–Trinajstić information content (AvgIpc) is 2.67. The summed E-state index contributed by atoms with van der Waals surface area (Å²) < 4.78 is 5.77. The van der Waals surface area contributed by atoms with E-state index in [4.69, 9.17) is 71.2 Å². The number of unbranched alkanes of at least 4 members (excludes halogenated alkanes) is 16. The molecular formula is C22H44Cl6OSi2. The van der Waals surface area contributed by atoms with Gasteiger partial charge in [-0.2, -0.15) is 0 Å². The van der Waals surface area contributed by atoms with Crippen molar-refractivity contribution in [1.29, 1.82) is 0 Å². The summed E-state index contributed by atoms with van der Waals surface area (Å²) in [5.74, 6) is 0. The van der Waals surface area contributed by atoms with Crippen molar-refractivity contribution in [2.75, 3.05) is 13.2 Å². The van der Waals surface area contributed by atoms with Crippen molar-refractivity contribution >= 4 is 78.5 Å².